The van der Waals surface area contributed by atoms with E-state index in [2.05, 4.69) is 4.90 Å². The Bertz CT molecular complexity index is 977. The van der Waals surface area contributed by atoms with Crippen molar-refractivity contribution in [2.45, 2.75) is 23.5 Å². The number of methoxy groups -OCH3 is 1. The Balaban J connectivity index is 1.38. The molecule has 0 bridgehead atoms. The maximum Gasteiger partial charge on any atom is 0.252 e. The van der Waals surface area contributed by atoms with Crippen LogP contribution >= 0.6 is 11.3 Å². The van der Waals surface area contributed by atoms with Gasteiger partial charge in [0.1, 0.15) is 9.96 Å². The van der Waals surface area contributed by atoms with Crippen LogP contribution in [0.4, 0.5) is 5.69 Å². The maximum atomic E-state index is 13.3. The highest BCUT2D eigenvalue weighted by molar-refractivity contribution is 7.91. The van der Waals surface area contributed by atoms with Crippen LogP contribution in [-0.4, -0.2) is 69.9 Å². The molecule has 9 heteroatoms. The second-order valence-electron chi connectivity index (χ2n) is 8.00. The van der Waals surface area contributed by atoms with Gasteiger partial charge in [0, 0.05) is 45.0 Å². The van der Waals surface area contributed by atoms with Crippen LogP contribution in [-0.2, 0) is 14.8 Å². The van der Waals surface area contributed by atoms with Crippen molar-refractivity contribution in [2.75, 3.05) is 51.3 Å². The minimum atomic E-state index is -3.51. The first-order valence-corrected chi connectivity index (χ1v) is 13.0. The molecule has 1 unspecified atom stereocenters. The minimum Gasteiger partial charge on any atom is -0.497 e. The topological polar surface area (TPSA) is 70.2 Å². The van der Waals surface area contributed by atoms with E-state index in [1.807, 2.05) is 29.2 Å². The number of ether oxygens (including phenoxy) is 1. The summed E-state index contributed by atoms with van der Waals surface area (Å²) in [5, 5.41) is 1.77. The van der Waals surface area contributed by atoms with Crippen molar-refractivity contribution < 1.29 is 17.9 Å². The third kappa shape index (κ3) is 4.88. The van der Waals surface area contributed by atoms with Crippen LogP contribution in [0.25, 0.3) is 0 Å². The zero-order chi connectivity index (χ0) is 21.8. The van der Waals surface area contributed by atoms with Gasteiger partial charge in [-0.25, -0.2) is 8.42 Å². The quantitative estimate of drug-likeness (QED) is 0.682. The molecule has 2 fully saturated rings. The largest absolute Gasteiger partial charge is 0.497 e. The van der Waals surface area contributed by atoms with Crippen molar-refractivity contribution in [3.63, 3.8) is 0 Å². The molecule has 31 heavy (non-hydrogen) atoms. The summed E-state index contributed by atoms with van der Waals surface area (Å²) in [5.74, 6) is 0.647. The Kier molecular flexibility index (Phi) is 6.83. The van der Waals surface area contributed by atoms with Crippen LogP contribution < -0.4 is 9.64 Å². The number of hydrogen-bond donors (Lipinski definition) is 0. The molecule has 1 aromatic heterocycles. The van der Waals surface area contributed by atoms with Gasteiger partial charge in [-0.2, -0.15) is 4.31 Å². The van der Waals surface area contributed by atoms with Gasteiger partial charge < -0.3 is 14.5 Å². The molecular formula is C22H29N3O4S2. The fourth-order valence-corrected chi connectivity index (χ4v) is 7.02. The molecule has 0 radical (unpaired) electrons. The average molecular weight is 464 g/mol. The number of carbonyl (C=O) groups excluding carboxylic acids is 1. The summed E-state index contributed by atoms with van der Waals surface area (Å²) in [6.45, 7) is 3.77. The highest BCUT2D eigenvalue weighted by Crippen LogP contribution is 2.28. The second kappa shape index (κ2) is 9.58. The predicted octanol–water partition coefficient (Wildman–Crippen LogP) is 2.90. The van der Waals surface area contributed by atoms with Crippen LogP contribution in [0.2, 0.25) is 0 Å². The Labute approximate surface area is 188 Å². The fraction of sp³-hybridized carbons (Fsp3) is 0.500. The first-order chi connectivity index (χ1) is 15.0. The lowest BCUT2D eigenvalue weighted by molar-refractivity contribution is -0.136. The summed E-state index contributed by atoms with van der Waals surface area (Å²) in [6.07, 6.45) is 2.35. The zero-order valence-corrected chi connectivity index (χ0v) is 19.4. The van der Waals surface area contributed by atoms with Crippen molar-refractivity contribution in [3.05, 3.63) is 41.8 Å². The van der Waals surface area contributed by atoms with Gasteiger partial charge in [-0.3, -0.25) is 4.79 Å². The van der Waals surface area contributed by atoms with E-state index in [-0.39, 0.29) is 18.4 Å². The molecule has 2 aliphatic heterocycles. The Morgan fingerprint density at radius 1 is 1.03 bits per heavy atom. The smallest absolute Gasteiger partial charge is 0.252 e. The SMILES string of the molecule is COc1ccc(N2CCCN(C(=O)C3CCCN(S(=O)(=O)c4cccs4)C3)CC2)cc1. The van der Waals surface area contributed by atoms with Gasteiger partial charge in [-0.15, -0.1) is 11.3 Å². The van der Waals surface area contributed by atoms with Gasteiger partial charge in [0.25, 0.3) is 10.0 Å². The van der Waals surface area contributed by atoms with Crippen molar-refractivity contribution in [2.24, 2.45) is 5.92 Å². The van der Waals surface area contributed by atoms with Gasteiger partial charge >= 0.3 is 0 Å². The molecule has 2 aromatic rings. The van der Waals surface area contributed by atoms with Crippen molar-refractivity contribution in [1.29, 1.82) is 0 Å². The fourth-order valence-electron chi connectivity index (χ4n) is 4.35. The molecule has 0 aliphatic carbocycles. The average Bonchev–Trinajstić information content (AvgIpc) is 3.25. The van der Waals surface area contributed by atoms with Crippen LogP contribution in [0.1, 0.15) is 19.3 Å². The highest BCUT2D eigenvalue weighted by Gasteiger charge is 2.35. The molecule has 168 valence electrons. The number of sulfonamides is 1. The van der Waals surface area contributed by atoms with Crippen molar-refractivity contribution >= 4 is 33.0 Å². The number of rotatable bonds is 5. The number of amides is 1. The molecule has 2 saturated heterocycles. The van der Waals surface area contributed by atoms with E-state index in [0.717, 1.165) is 37.4 Å². The molecule has 4 rings (SSSR count). The molecule has 2 aliphatic rings. The molecule has 0 saturated carbocycles. The normalized spacial score (nSPS) is 21.0. The summed E-state index contributed by atoms with van der Waals surface area (Å²) in [4.78, 5) is 17.5. The summed E-state index contributed by atoms with van der Waals surface area (Å²) < 4.78 is 32.9. The number of thiophene rings is 1. The van der Waals surface area contributed by atoms with Crippen LogP contribution in [0, 0.1) is 5.92 Å². The number of benzene rings is 1. The van der Waals surface area contributed by atoms with Crippen molar-refractivity contribution in [3.8, 4) is 5.75 Å². The molecule has 0 N–H and O–H groups in total. The molecule has 0 spiro atoms. The van der Waals surface area contributed by atoms with Crippen LogP contribution in [0.3, 0.4) is 0 Å². The first kappa shape index (κ1) is 22.1. The lowest BCUT2D eigenvalue weighted by atomic mass is 9.98. The van der Waals surface area contributed by atoms with E-state index in [4.69, 9.17) is 4.74 Å². The van der Waals surface area contributed by atoms with Crippen LogP contribution in [0.15, 0.2) is 46.0 Å². The van der Waals surface area contributed by atoms with Gasteiger partial charge in [0.2, 0.25) is 5.91 Å². The minimum absolute atomic E-state index is 0.0858. The molecule has 3 heterocycles. The summed E-state index contributed by atoms with van der Waals surface area (Å²) >= 11 is 1.23. The molecule has 1 aromatic carbocycles. The Morgan fingerprint density at radius 2 is 1.84 bits per heavy atom. The monoisotopic (exact) mass is 463 g/mol. The highest BCUT2D eigenvalue weighted by atomic mass is 32.2. The Hall–Kier alpha value is -2.10. The molecule has 7 nitrogen and oxygen atoms in total. The van der Waals surface area contributed by atoms with E-state index in [1.165, 1.54) is 15.6 Å². The zero-order valence-electron chi connectivity index (χ0n) is 17.8. The third-order valence-electron chi connectivity index (χ3n) is 6.07. The van der Waals surface area contributed by atoms with Gasteiger partial charge in [-0.05, 0) is 55.0 Å². The van der Waals surface area contributed by atoms with E-state index in [1.54, 1.807) is 24.6 Å². The standard InChI is InChI=1S/C22H29N3O4S2/c1-29-20-9-7-19(8-10-20)23-11-4-12-24(15-14-23)22(26)18-5-2-13-25(17-18)31(27,28)21-6-3-16-30-21/h3,6-10,16,18H,2,4-5,11-15,17H2,1H3. The second-order valence-corrected chi connectivity index (χ2v) is 11.1. The first-order valence-electron chi connectivity index (χ1n) is 10.7. The van der Waals surface area contributed by atoms with Gasteiger partial charge in [0.15, 0.2) is 0 Å². The lowest BCUT2D eigenvalue weighted by Crippen LogP contribution is -2.47. The number of nitrogens with zero attached hydrogens (tertiary/aromatic N) is 3. The Morgan fingerprint density at radius 3 is 2.55 bits per heavy atom. The van der Waals surface area contributed by atoms with E-state index in [0.29, 0.717) is 30.3 Å². The molecule has 1 amide bonds. The van der Waals surface area contributed by atoms with E-state index < -0.39 is 10.0 Å². The molecular weight excluding hydrogens is 434 g/mol. The predicted molar refractivity (Wildman–Crippen MR) is 122 cm³/mol. The van der Waals surface area contributed by atoms with E-state index in [9.17, 15) is 13.2 Å². The van der Waals surface area contributed by atoms with E-state index >= 15 is 0 Å². The van der Waals surface area contributed by atoms with Gasteiger partial charge in [0.05, 0.1) is 13.0 Å². The number of carbonyl (C=O) groups is 1. The summed E-state index contributed by atoms with van der Waals surface area (Å²) in [6, 6.07) is 11.4. The number of piperidine rings is 1. The van der Waals surface area contributed by atoms with Crippen LogP contribution in [0.5, 0.6) is 5.75 Å². The van der Waals surface area contributed by atoms with Crippen molar-refractivity contribution in [1.82, 2.24) is 9.21 Å². The number of hydrogen-bond acceptors (Lipinski definition) is 6. The summed E-state index contributed by atoms with van der Waals surface area (Å²) in [7, 11) is -1.86. The lowest BCUT2D eigenvalue weighted by Gasteiger charge is -2.33. The maximum absolute atomic E-state index is 13.3. The van der Waals surface area contributed by atoms with Gasteiger partial charge in [-0.1, -0.05) is 6.07 Å². The number of anilines is 1. The summed E-state index contributed by atoms with van der Waals surface area (Å²) in [5.41, 5.74) is 1.13. The third-order valence-corrected chi connectivity index (χ3v) is 9.31. The molecule has 1 atom stereocenters.